The molecule has 0 aliphatic heterocycles. The number of nitrogens with zero attached hydrogens (tertiary/aromatic N) is 2. The Bertz CT molecular complexity index is 859. The van der Waals surface area contributed by atoms with E-state index >= 15 is 0 Å². The van der Waals surface area contributed by atoms with E-state index in [2.05, 4.69) is 10.5 Å². The highest BCUT2D eigenvalue weighted by Crippen LogP contribution is 2.29. The van der Waals surface area contributed by atoms with Crippen molar-refractivity contribution in [1.82, 2.24) is 15.4 Å². The smallest absolute Gasteiger partial charge is 0.293 e. The van der Waals surface area contributed by atoms with Gasteiger partial charge in [-0.25, -0.2) is 4.39 Å². The van der Waals surface area contributed by atoms with Crippen molar-refractivity contribution >= 4 is 12.2 Å². The molecule has 0 radical (unpaired) electrons. The molecule has 1 aromatic carbocycles. The van der Waals surface area contributed by atoms with Crippen molar-refractivity contribution in [3.8, 4) is 11.3 Å². The molecular formula is C24H32FN3O3. The minimum absolute atomic E-state index is 0.0798. The van der Waals surface area contributed by atoms with Crippen LogP contribution in [0.15, 0.2) is 34.9 Å². The summed E-state index contributed by atoms with van der Waals surface area (Å²) in [4.78, 5) is 27.0. The van der Waals surface area contributed by atoms with E-state index in [9.17, 15) is 14.0 Å². The van der Waals surface area contributed by atoms with Crippen LogP contribution in [-0.4, -0.2) is 47.9 Å². The molecule has 0 saturated heterocycles. The number of amides is 1. The number of carbonyl (C=O) groups excluding carboxylic acids is 2. The van der Waals surface area contributed by atoms with Crippen molar-refractivity contribution in [2.75, 3.05) is 13.6 Å². The van der Waals surface area contributed by atoms with Crippen molar-refractivity contribution in [1.29, 1.82) is 0 Å². The van der Waals surface area contributed by atoms with Gasteiger partial charge in [0, 0.05) is 24.2 Å². The van der Waals surface area contributed by atoms with Crippen LogP contribution >= 0.6 is 0 Å². The predicted molar refractivity (Wildman–Crippen MR) is 117 cm³/mol. The monoisotopic (exact) mass is 429 g/mol. The van der Waals surface area contributed by atoms with Crippen LogP contribution in [-0.2, 0) is 4.79 Å². The van der Waals surface area contributed by atoms with Gasteiger partial charge in [0.25, 0.3) is 5.91 Å². The van der Waals surface area contributed by atoms with Crippen molar-refractivity contribution < 1.29 is 18.5 Å². The molecule has 2 aromatic rings. The maximum Gasteiger partial charge on any atom is 0.293 e. The predicted octanol–water partition coefficient (Wildman–Crippen LogP) is 4.31. The number of rotatable bonds is 10. The van der Waals surface area contributed by atoms with E-state index in [4.69, 9.17) is 4.52 Å². The lowest BCUT2D eigenvalue weighted by Crippen LogP contribution is -2.50. The molecule has 7 heteroatoms. The summed E-state index contributed by atoms with van der Waals surface area (Å²) in [6, 6.07) is 6.98. The second-order valence-electron chi connectivity index (χ2n) is 8.81. The Hall–Kier alpha value is -2.54. The molecule has 3 rings (SSSR count). The van der Waals surface area contributed by atoms with Gasteiger partial charge in [0.05, 0.1) is 6.04 Å². The van der Waals surface area contributed by atoms with Crippen LogP contribution < -0.4 is 5.32 Å². The molecule has 1 heterocycles. The first-order chi connectivity index (χ1) is 14.9. The fourth-order valence-corrected chi connectivity index (χ4v) is 4.43. The molecule has 0 spiro atoms. The van der Waals surface area contributed by atoms with Crippen LogP contribution in [0.3, 0.4) is 0 Å². The first-order valence-corrected chi connectivity index (χ1v) is 11.1. The molecule has 31 heavy (non-hydrogen) atoms. The van der Waals surface area contributed by atoms with Gasteiger partial charge in [0.2, 0.25) is 5.76 Å². The van der Waals surface area contributed by atoms with Gasteiger partial charge in [0.15, 0.2) is 0 Å². The number of hydrogen-bond acceptors (Lipinski definition) is 5. The Labute approximate surface area is 183 Å². The SMILES string of the molecule is CNC(CN(C(=O)c1cc(-c2ccc(F)cc2)no1)C(C=O)CC(C)C)C1CCCC1. The number of carbonyl (C=O) groups is 2. The molecule has 6 nitrogen and oxygen atoms in total. The molecule has 1 N–H and O–H groups in total. The molecule has 1 aliphatic rings. The average Bonchev–Trinajstić information content (AvgIpc) is 3.46. The summed E-state index contributed by atoms with van der Waals surface area (Å²) in [7, 11) is 1.91. The van der Waals surface area contributed by atoms with Crippen LogP contribution in [0.1, 0.15) is 56.5 Å². The lowest BCUT2D eigenvalue weighted by atomic mass is 9.96. The number of likely N-dealkylation sites (N-methyl/N-ethyl adjacent to an activating group) is 1. The standard InChI is InChI=1S/C24H32FN3O3/c1-16(2)12-20(15-29)28(14-22(26-3)17-6-4-5-7-17)24(30)23-13-21(27-31-23)18-8-10-19(25)11-9-18/h8-11,13,15-17,20,22,26H,4-7,12,14H2,1-3H3. The van der Waals surface area contributed by atoms with Crippen molar-refractivity contribution in [3.63, 3.8) is 0 Å². The summed E-state index contributed by atoms with van der Waals surface area (Å²) in [5.41, 5.74) is 1.11. The van der Waals surface area contributed by atoms with Gasteiger partial charge in [-0.1, -0.05) is 31.8 Å². The highest BCUT2D eigenvalue weighted by atomic mass is 19.1. The van der Waals surface area contributed by atoms with Crippen molar-refractivity contribution in [2.45, 2.75) is 58.0 Å². The summed E-state index contributed by atoms with van der Waals surface area (Å²) in [6.45, 7) is 4.50. The van der Waals surface area contributed by atoms with Gasteiger partial charge in [-0.15, -0.1) is 0 Å². The minimum atomic E-state index is -0.538. The molecule has 1 saturated carbocycles. The maximum atomic E-state index is 13.4. The quantitative estimate of drug-likeness (QED) is 0.570. The van der Waals surface area contributed by atoms with Gasteiger partial charge in [0.1, 0.15) is 17.8 Å². The Morgan fingerprint density at radius 3 is 2.55 bits per heavy atom. The molecule has 2 atom stereocenters. The van der Waals surface area contributed by atoms with E-state index in [1.165, 1.54) is 25.0 Å². The van der Waals surface area contributed by atoms with Crippen LogP contribution in [0.5, 0.6) is 0 Å². The highest BCUT2D eigenvalue weighted by molar-refractivity contribution is 5.94. The number of nitrogens with one attached hydrogen (secondary N) is 1. The topological polar surface area (TPSA) is 75.4 Å². The van der Waals surface area contributed by atoms with E-state index in [1.54, 1.807) is 23.1 Å². The highest BCUT2D eigenvalue weighted by Gasteiger charge is 2.33. The normalized spacial score (nSPS) is 16.4. The van der Waals surface area contributed by atoms with E-state index in [-0.39, 0.29) is 29.4 Å². The first-order valence-electron chi connectivity index (χ1n) is 11.1. The van der Waals surface area contributed by atoms with E-state index in [1.807, 2.05) is 20.9 Å². The zero-order chi connectivity index (χ0) is 22.4. The number of halogens is 1. The summed E-state index contributed by atoms with van der Waals surface area (Å²) >= 11 is 0. The summed E-state index contributed by atoms with van der Waals surface area (Å²) in [5, 5.41) is 7.35. The molecule has 2 unspecified atom stereocenters. The van der Waals surface area contributed by atoms with E-state index < -0.39 is 6.04 Å². The van der Waals surface area contributed by atoms with Crippen molar-refractivity contribution in [2.24, 2.45) is 11.8 Å². The lowest BCUT2D eigenvalue weighted by Gasteiger charge is -2.34. The largest absolute Gasteiger partial charge is 0.350 e. The van der Waals surface area contributed by atoms with Gasteiger partial charge in [-0.2, -0.15) is 0 Å². The summed E-state index contributed by atoms with van der Waals surface area (Å²) in [6.07, 6.45) is 6.08. The van der Waals surface area contributed by atoms with E-state index in [0.717, 1.165) is 19.1 Å². The fraction of sp³-hybridized carbons (Fsp3) is 0.542. The fourth-order valence-electron chi connectivity index (χ4n) is 4.43. The lowest BCUT2D eigenvalue weighted by molar-refractivity contribution is -0.112. The Morgan fingerprint density at radius 2 is 1.97 bits per heavy atom. The zero-order valence-electron chi connectivity index (χ0n) is 18.5. The number of benzene rings is 1. The minimum Gasteiger partial charge on any atom is -0.350 e. The van der Waals surface area contributed by atoms with Crippen LogP contribution in [0.4, 0.5) is 4.39 Å². The number of hydrogen-bond donors (Lipinski definition) is 1. The second kappa shape index (κ2) is 10.7. The third-order valence-corrected chi connectivity index (χ3v) is 6.13. The summed E-state index contributed by atoms with van der Waals surface area (Å²) in [5.74, 6) is 0.126. The molecule has 0 bridgehead atoms. The maximum absolute atomic E-state index is 13.4. The molecule has 1 aliphatic carbocycles. The van der Waals surface area contributed by atoms with Gasteiger partial charge >= 0.3 is 0 Å². The second-order valence-corrected chi connectivity index (χ2v) is 8.81. The van der Waals surface area contributed by atoms with Gasteiger partial charge in [-0.05, 0) is 62.4 Å². The van der Waals surface area contributed by atoms with Crippen LogP contribution in [0.25, 0.3) is 11.3 Å². The van der Waals surface area contributed by atoms with Gasteiger partial charge in [-0.3, -0.25) is 4.79 Å². The van der Waals surface area contributed by atoms with Crippen molar-refractivity contribution in [3.05, 3.63) is 41.9 Å². The third kappa shape index (κ3) is 5.79. The molecule has 1 fully saturated rings. The van der Waals surface area contributed by atoms with E-state index in [0.29, 0.717) is 30.1 Å². The van der Waals surface area contributed by atoms with Crippen LogP contribution in [0, 0.1) is 17.7 Å². The molecular weight excluding hydrogens is 397 g/mol. The summed E-state index contributed by atoms with van der Waals surface area (Å²) < 4.78 is 18.6. The molecule has 1 aromatic heterocycles. The Balaban J connectivity index is 1.85. The number of aldehydes is 1. The van der Waals surface area contributed by atoms with Crippen LogP contribution in [0.2, 0.25) is 0 Å². The number of aromatic nitrogens is 1. The zero-order valence-corrected chi connectivity index (χ0v) is 18.5. The molecule has 1 amide bonds. The first kappa shape index (κ1) is 23.1. The van der Waals surface area contributed by atoms with Gasteiger partial charge < -0.3 is 19.5 Å². The Kier molecular flexibility index (Phi) is 7.96. The average molecular weight is 430 g/mol. The Morgan fingerprint density at radius 1 is 1.29 bits per heavy atom. The third-order valence-electron chi connectivity index (χ3n) is 6.13. The molecule has 168 valence electrons.